The van der Waals surface area contributed by atoms with Gasteiger partial charge >= 0.3 is 0 Å². The van der Waals surface area contributed by atoms with Crippen LogP contribution >= 0.6 is 0 Å². The van der Waals surface area contributed by atoms with E-state index in [9.17, 15) is 9.59 Å². The molecule has 0 spiro atoms. The Labute approximate surface area is 203 Å². The Hall–Kier alpha value is -4.09. The number of nitrogens with two attached hydrogens (primary N) is 1. The third-order valence-corrected chi connectivity index (χ3v) is 6.04. The first kappa shape index (κ1) is 24.0. The number of nitrogens with one attached hydrogen (secondary N) is 4. The third-order valence-electron chi connectivity index (χ3n) is 6.04. The lowest BCUT2D eigenvalue weighted by atomic mass is 10.1. The maximum Gasteiger partial charge on any atom is 0.254 e. The predicted molar refractivity (Wildman–Crippen MR) is 132 cm³/mol. The van der Waals surface area contributed by atoms with Gasteiger partial charge in [-0.25, -0.2) is 15.0 Å². The number of carbonyl (C=O) groups is 2. The fourth-order valence-electron chi connectivity index (χ4n) is 4.03. The number of nitrogens with zero attached hydrogens (tertiary/aromatic N) is 5. The van der Waals surface area contributed by atoms with Crippen molar-refractivity contribution in [3.63, 3.8) is 0 Å². The molecule has 2 fully saturated rings. The molecule has 1 saturated carbocycles. The summed E-state index contributed by atoms with van der Waals surface area (Å²) in [4.78, 5) is 42.4. The first-order valence-corrected chi connectivity index (χ1v) is 11.7. The minimum Gasteiger partial charge on any atom is -0.385 e. The number of hydrogen-bond acceptors (Lipinski definition) is 10. The second-order valence-corrected chi connectivity index (χ2v) is 8.63. The zero-order valence-corrected chi connectivity index (χ0v) is 19.6. The van der Waals surface area contributed by atoms with Crippen molar-refractivity contribution in [2.45, 2.75) is 51.0 Å². The standard InChI is InChI=1S/C23H30N10O2/c1-2-18-20(19(14-5-6-14)29-12-28-18)31-22-17(21(25)35)10-27-23(32-22)30-16(8-24)9-26-15-4-3-7-33(11-15)13-34/h8-10,12-15,24,26H,2-7,11H2,1H3,(H2,25,35)(H2,27,30,31,32)/b16-9+,24-8?. The van der Waals surface area contributed by atoms with E-state index in [-0.39, 0.29) is 23.4 Å². The zero-order chi connectivity index (χ0) is 24.8. The van der Waals surface area contributed by atoms with Gasteiger partial charge in [0, 0.05) is 43.7 Å². The Morgan fingerprint density at radius 3 is 2.80 bits per heavy atom. The lowest BCUT2D eigenvalue weighted by molar-refractivity contribution is -0.119. The monoisotopic (exact) mass is 478 g/mol. The smallest absolute Gasteiger partial charge is 0.254 e. The van der Waals surface area contributed by atoms with Gasteiger partial charge in [-0.1, -0.05) is 6.92 Å². The number of primary amides is 1. The number of carbonyl (C=O) groups excluding carboxylic acids is 2. The van der Waals surface area contributed by atoms with Crippen LogP contribution in [0.4, 0.5) is 17.5 Å². The normalized spacial score (nSPS) is 18.0. The van der Waals surface area contributed by atoms with Crippen LogP contribution in [-0.2, 0) is 11.2 Å². The highest BCUT2D eigenvalue weighted by atomic mass is 16.1. The average Bonchev–Trinajstić information content (AvgIpc) is 3.72. The number of rotatable bonds is 11. The molecule has 2 aromatic heterocycles. The third kappa shape index (κ3) is 5.89. The maximum absolute atomic E-state index is 12.1. The molecule has 35 heavy (non-hydrogen) atoms. The highest BCUT2D eigenvalue weighted by Gasteiger charge is 2.30. The van der Waals surface area contributed by atoms with Crippen LogP contribution in [0, 0.1) is 5.41 Å². The number of hydrogen-bond donors (Lipinski definition) is 5. The summed E-state index contributed by atoms with van der Waals surface area (Å²) in [5.74, 6) is 0.127. The number of amides is 2. The molecule has 1 aliphatic carbocycles. The van der Waals surface area contributed by atoms with Gasteiger partial charge in [0.1, 0.15) is 17.7 Å². The molecule has 4 rings (SSSR count). The van der Waals surface area contributed by atoms with Crippen molar-refractivity contribution >= 4 is 36.0 Å². The molecule has 1 atom stereocenters. The van der Waals surface area contributed by atoms with Crippen LogP contribution < -0.4 is 21.7 Å². The van der Waals surface area contributed by atoms with E-state index in [1.165, 1.54) is 6.20 Å². The minimum atomic E-state index is -0.663. The van der Waals surface area contributed by atoms with E-state index in [1.807, 2.05) is 6.92 Å². The van der Waals surface area contributed by atoms with E-state index < -0.39 is 5.91 Å². The number of piperidine rings is 1. The van der Waals surface area contributed by atoms with Gasteiger partial charge in [-0.15, -0.1) is 0 Å². The van der Waals surface area contributed by atoms with Crippen LogP contribution in [0.1, 0.15) is 60.3 Å². The molecule has 184 valence electrons. The van der Waals surface area contributed by atoms with Crippen LogP contribution in [-0.4, -0.2) is 62.5 Å². The topological polar surface area (TPSA) is 175 Å². The molecule has 1 saturated heterocycles. The van der Waals surface area contributed by atoms with Gasteiger partial charge in [0.15, 0.2) is 0 Å². The molecule has 6 N–H and O–H groups in total. The Morgan fingerprint density at radius 2 is 2.11 bits per heavy atom. The molecule has 12 heteroatoms. The number of allylic oxidation sites excluding steroid dienone is 1. The van der Waals surface area contributed by atoms with Crippen molar-refractivity contribution in [2.75, 3.05) is 23.7 Å². The van der Waals surface area contributed by atoms with Crippen molar-refractivity contribution in [1.82, 2.24) is 30.2 Å². The summed E-state index contributed by atoms with van der Waals surface area (Å²) in [5, 5.41) is 17.2. The van der Waals surface area contributed by atoms with E-state index in [0.29, 0.717) is 24.6 Å². The molecule has 3 heterocycles. The highest BCUT2D eigenvalue weighted by Crippen LogP contribution is 2.43. The quantitative estimate of drug-likeness (QED) is 0.237. The van der Waals surface area contributed by atoms with Gasteiger partial charge in [-0.3, -0.25) is 9.59 Å². The zero-order valence-electron chi connectivity index (χ0n) is 19.6. The molecular formula is C23H30N10O2. The van der Waals surface area contributed by atoms with Crippen molar-refractivity contribution in [1.29, 1.82) is 5.41 Å². The van der Waals surface area contributed by atoms with Gasteiger partial charge in [-0.05, 0) is 32.1 Å². The van der Waals surface area contributed by atoms with Crippen LogP contribution in [0.3, 0.4) is 0 Å². The largest absolute Gasteiger partial charge is 0.385 e. The lowest BCUT2D eigenvalue weighted by Gasteiger charge is -2.30. The second-order valence-electron chi connectivity index (χ2n) is 8.63. The van der Waals surface area contributed by atoms with E-state index in [4.69, 9.17) is 11.1 Å². The van der Waals surface area contributed by atoms with E-state index >= 15 is 0 Å². The van der Waals surface area contributed by atoms with Gasteiger partial charge in [0.2, 0.25) is 12.4 Å². The van der Waals surface area contributed by atoms with Crippen molar-refractivity contribution in [2.24, 2.45) is 5.73 Å². The van der Waals surface area contributed by atoms with Crippen molar-refractivity contribution in [3.8, 4) is 0 Å². The van der Waals surface area contributed by atoms with Crippen LogP contribution in [0.2, 0.25) is 0 Å². The molecule has 2 aliphatic rings. The first-order chi connectivity index (χ1) is 17.0. The number of anilines is 3. The first-order valence-electron chi connectivity index (χ1n) is 11.7. The molecule has 0 aromatic carbocycles. The fourth-order valence-corrected chi connectivity index (χ4v) is 4.03. The van der Waals surface area contributed by atoms with Crippen molar-refractivity contribution < 1.29 is 9.59 Å². The van der Waals surface area contributed by atoms with Crippen LogP contribution in [0.5, 0.6) is 0 Å². The molecule has 1 aliphatic heterocycles. The summed E-state index contributed by atoms with van der Waals surface area (Å²) in [6, 6.07) is 0.0903. The second kappa shape index (κ2) is 10.9. The highest BCUT2D eigenvalue weighted by molar-refractivity contribution is 5.98. The Balaban J connectivity index is 1.56. The molecule has 1 unspecified atom stereocenters. The SMILES string of the molecule is CCc1ncnc(C2CC2)c1Nc1nc(N/C(C=N)=C/NC2CCCN(C=O)C2)ncc1C(N)=O. The predicted octanol–water partition coefficient (Wildman–Crippen LogP) is 1.66. The maximum atomic E-state index is 12.1. The Kier molecular flexibility index (Phi) is 7.48. The van der Waals surface area contributed by atoms with E-state index in [1.54, 1.807) is 17.4 Å². The lowest BCUT2D eigenvalue weighted by Crippen LogP contribution is -2.43. The number of likely N-dealkylation sites (tertiary alicyclic amines) is 1. The summed E-state index contributed by atoms with van der Waals surface area (Å²) < 4.78 is 0. The molecule has 12 nitrogen and oxygen atoms in total. The summed E-state index contributed by atoms with van der Waals surface area (Å²) in [5.41, 5.74) is 8.61. The Morgan fingerprint density at radius 1 is 1.29 bits per heavy atom. The van der Waals surface area contributed by atoms with Crippen molar-refractivity contribution in [3.05, 3.63) is 41.4 Å². The molecule has 0 bridgehead atoms. The number of aryl methyl sites for hydroxylation is 1. The summed E-state index contributed by atoms with van der Waals surface area (Å²) in [6.07, 6.45) is 11.2. The summed E-state index contributed by atoms with van der Waals surface area (Å²) in [6.45, 7) is 3.36. The van der Waals surface area contributed by atoms with E-state index in [0.717, 1.165) is 61.9 Å². The average molecular weight is 479 g/mol. The van der Waals surface area contributed by atoms with Crippen LogP contribution in [0.15, 0.2) is 24.4 Å². The van der Waals surface area contributed by atoms with Crippen LogP contribution in [0.25, 0.3) is 0 Å². The van der Waals surface area contributed by atoms with Gasteiger partial charge in [-0.2, -0.15) is 4.98 Å². The summed E-state index contributed by atoms with van der Waals surface area (Å²) >= 11 is 0. The molecule has 2 aromatic rings. The van der Waals surface area contributed by atoms with Gasteiger partial charge in [0.25, 0.3) is 5.91 Å². The molecular weight excluding hydrogens is 448 g/mol. The summed E-state index contributed by atoms with van der Waals surface area (Å²) in [7, 11) is 0. The van der Waals surface area contributed by atoms with Gasteiger partial charge in [0.05, 0.1) is 22.8 Å². The molecule has 2 amide bonds. The fraction of sp³-hybridized carbons (Fsp3) is 0.435. The van der Waals surface area contributed by atoms with E-state index in [2.05, 4.69) is 35.9 Å². The minimum absolute atomic E-state index is 0.0903. The molecule has 0 radical (unpaired) electrons. The number of aromatic nitrogens is 4. The Bertz CT molecular complexity index is 1130. The van der Waals surface area contributed by atoms with Gasteiger partial charge < -0.3 is 32.0 Å².